The van der Waals surface area contributed by atoms with Crippen molar-refractivity contribution in [2.24, 2.45) is 0 Å². The number of nitrogens with zero attached hydrogens (tertiary/aromatic N) is 1. The third-order valence-electron chi connectivity index (χ3n) is 3.30. The van der Waals surface area contributed by atoms with Crippen LogP contribution in [-0.2, 0) is 6.54 Å². The quantitative estimate of drug-likeness (QED) is 0.664. The van der Waals surface area contributed by atoms with Crippen molar-refractivity contribution < 1.29 is 13.6 Å². The molecule has 0 atom stereocenters. The molecule has 2 aromatic carbocycles. The van der Waals surface area contributed by atoms with Gasteiger partial charge in [-0.3, -0.25) is 4.79 Å². The van der Waals surface area contributed by atoms with Crippen LogP contribution in [0.2, 0.25) is 0 Å². The predicted octanol–water partition coefficient (Wildman–Crippen LogP) is 3.78. The van der Waals surface area contributed by atoms with Gasteiger partial charge in [-0.15, -0.1) is 0 Å². The number of halogens is 2. The summed E-state index contributed by atoms with van der Waals surface area (Å²) in [4.78, 5) is 11.1. The zero-order valence-electron chi connectivity index (χ0n) is 10.5. The minimum Gasteiger partial charge on any atom is -0.342 e. The first kappa shape index (κ1) is 12.5. The van der Waals surface area contributed by atoms with E-state index in [2.05, 4.69) is 0 Å². The molecule has 100 valence electrons. The second-order valence-electron chi connectivity index (χ2n) is 4.58. The van der Waals surface area contributed by atoms with Gasteiger partial charge in [0.2, 0.25) is 0 Å². The number of hydrogen-bond donors (Lipinski definition) is 0. The summed E-state index contributed by atoms with van der Waals surface area (Å²) in [5, 5.41) is 0.824. The number of rotatable bonds is 3. The summed E-state index contributed by atoms with van der Waals surface area (Å²) in [6, 6.07) is 10.9. The average molecular weight is 271 g/mol. The highest BCUT2D eigenvalue weighted by atomic mass is 19.1. The summed E-state index contributed by atoms with van der Waals surface area (Å²) in [6.07, 6.45) is 2.46. The lowest BCUT2D eigenvalue weighted by molar-refractivity contribution is 0.112. The van der Waals surface area contributed by atoms with Gasteiger partial charge in [0.15, 0.2) is 6.29 Å². The van der Waals surface area contributed by atoms with E-state index >= 15 is 0 Å². The second-order valence-corrected chi connectivity index (χ2v) is 4.58. The number of carbonyl (C=O) groups excluding carboxylic acids is 1. The Kier molecular flexibility index (Phi) is 3.06. The Morgan fingerprint density at radius 1 is 1.10 bits per heavy atom. The van der Waals surface area contributed by atoms with E-state index in [1.165, 1.54) is 12.1 Å². The van der Waals surface area contributed by atoms with Crippen LogP contribution in [0.15, 0.2) is 48.7 Å². The summed E-state index contributed by atoms with van der Waals surface area (Å²) >= 11 is 0. The van der Waals surface area contributed by atoms with Crippen LogP contribution in [0.5, 0.6) is 0 Å². The summed E-state index contributed by atoms with van der Waals surface area (Å²) in [6.45, 7) is 0.250. The van der Waals surface area contributed by atoms with Gasteiger partial charge in [-0.25, -0.2) is 8.78 Å². The molecule has 0 radical (unpaired) electrons. The summed E-state index contributed by atoms with van der Waals surface area (Å²) in [7, 11) is 0. The van der Waals surface area contributed by atoms with Crippen molar-refractivity contribution in [3.63, 3.8) is 0 Å². The first-order valence-electron chi connectivity index (χ1n) is 6.16. The third-order valence-corrected chi connectivity index (χ3v) is 3.30. The van der Waals surface area contributed by atoms with Crippen LogP contribution in [0.1, 0.15) is 15.9 Å². The maximum atomic E-state index is 13.7. The van der Waals surface area contributed by atoms with Crippen LogP contribution in [0, 0.1) is 11.6 Å². The number of carbonyl (C=O) groups is 1. The molecule has 4 heteroatoms. The van der Waals surface area contributed by atoms with Crippen molar-refractivity contribution in [3.8, 4) is 0 Å². The van der Waals surface area contributed by atoms with Gasteiger partial charge < -0.3 is 4.57 Å². The van der Waals surface area contributed by atoms with Gasteiger partial charge >= 0.3 is 0 Å². The van der Waals surface area contributed by atoms with E-state index in [1.54, 1.807) is 10.8 Å². The summed E-state index contributed by atoms with van der Waals surface area (Å²) < 4.78 is 28.4. The molecule has 0 aliphatic heterocycles. The maximum absolute atomic E-state index is 13.7. The lowest BCUT2D eigenvalue weighted by Crippen LogP contribution is -2.01. The van der Waals surface area contributed by atoms with E-state index in [-0.39, 0.29) is 6.54 Å². The third kappa shape index (κ3) is 2.09. The van der Waals surface area contributed by atoms with E-state index in [4.69, 9.17) is 0 Å². The number of aromatic nitrogens is 1. The second kappa shape index (κ2) is 4.89. The van der Waals surface area contributed by atoms with Crippen molar-refractivity contribution in [1.29, 1.82) is 0 Å². The fourth-order valence-electron chi connectivity index (χ4n) is 2.33. The van der Waals surface area contributed by atoms with Crippen LogP contribution >= 0.6 is 0 Å². The lowest BCUT2D eigenvalue weighted by atomic mass is 10.2. The molecule has 20 heavy (non-hydrogen) atoms. The normalized spacial score (nSPS) is 10.9. The Morgan fingerprint density at radius 3 is 2.65 bits per heavy atom. The van der Waals surface area contributed by atoms with Crippen LogP contribution in [-0.4, -0.2) is 10.9 Å². The maximum Gasteiger partial charge on any atom is 0.152 e. The molecule has 0 amide bonds. The first-order chi connectivity index (χ1) is 9.69. The van der Waals surface area contributed by atoms with Crippen molar-refractivity contribution in [1.82, 2.24) is 4.57 Å². The lowest BCUT2D eigenvalue weighted by Gasteiger charge is -2.06. The molecular formula is C16H11F2NO. The van der Waals surface area contributed by atoms with Gasteiger partial charge in [0.05, 0.1) is 6.54 Å². The van der Waals surface area contributed by atoms with Gasteiger partial charge in [0.25, 0.3) is 0 Å². The molecular weight excluding hydrogens is 260 g/mol. The highest BCUT2D eigenvalue weighted by Crippen LogP contribution is 2.22. The standard InChI is InChI=1S/C16H11F2NO/c17-13-6-5-11(15(18)7-13)8-19-9-12(10-20)14-3-1-2-4-16(14)19/h1-7,9-10H,8H2. The van der Waals surface area contributed by atoms with Gasteiger partial charge in [-0.05, 0) is 12.1 Å². The average Bonchev–Trinajstić information content (AvgIpc) is 2.80. The monoisotopic (exact) mass is 271 g/mol. The first-order valence-corrected chi connectivity index (χ1v) is 6.16. The molecule has 0 spiro atoms. The number of para-hydroxylation sites is 1. The molecule has 0 fully saturated rings. The van der Waals surface area contributed by atoms with Crippen LogP contribution < -0.4 is 0 Å². The number of fused-ring (bicyclic) bond motifs is 1. The van der Waals surface area contributed by atoms with E-state index in [0.29, 0.717) is 11.1 Å². The van der Waals surface area contributed by atoms with E-state index in [0.717, 1.165) is 23.3 Å². The molecule has 0 unspecified atom stereocenters. The highest BCUT2D eigenvalue weighted by Gasteiger charge is 2.10. The molecule has 0 aliphatic rings. The molecule has 3 aromatic rings. The van der Waals surface area contributed by atoms with Gasteiger partial charge in [-0.2, -0.15) is 0 Å². The van der Waals surface area contributed by atoms with Gasteiger partial charge in [-0.1, -0.05) is 24.3 Å². The Morgan fingerprint density at radius 2 is 1.90 bits per heavy atom. The van der Waals surface area contributed by atoms with Crippen molar-refractivity contribution >= 4 is 17.2 Å². The smallest absolute Gasteiger partial charge is 0.152 e. The van der Waals surface area contributed by atoms with Gasteiger partial charge in [0, 0.05) is 34.3 Å². The molecule has 1 heterocycles. The molecule has 1 aromatic heterocycles. The fraction of sp³-hybridized carbons (Fsp3) is 0.0625. The van der Waals surface area contributed by atoms with E-state index < -0.39 is 11.6 Å². The fourth-order valence-corrected chi connectivity index (χ4v) is 2.33. The molecule has 0 aliphatic carbocycles. The Hall–Kier alpha value is -2.49. The number of benzene rings is 2. The molecule has 0 saturated carbocycles. The number of aldehydes is 1. The van der Waals surface area contributed by atoms with Crippen LogP contribution in [0.25, 0.3) is 10.9 Å². The summed E-state index contributed by atoms with van der Waals surface area (Å²) in [5.41, 5.74) is 1.78. The molecule has 0 bridgehead atoms. The Balaban J connectivity index is 2.09. The molecule has 0 saturated heterocycles. The minimum absolute atomic E-state index is 0.250. The zero-order valence-corrected chi connectivity index (χ0v) is 10.5. The van der Waals surface area contributed by atoms with Crippen molar-refractivity contribution in [3.05, 3.63) is 71.4 Å². The number of hydrogen-bond acceptors (Lipinski definition) is 1. The van der Waals surface area contributed by atoms with Crippen molar-refractivity contribution in [2.75, 3.05) is 0 Å². The largest absolute Gasteiger partial charge is 0.342 e. The Labute approximate surface area is 114 Å². The van der Waals surface area contributed by atoms with E-state index in [9.17, 15) is 13.6 Å². The Bertz CT molecular complexity index is 792. The minimum atomic E-state index is -0.600. The topological polar surface area (TPSA) is 22.0 Å². The van der Waals surface area contributed by atoms with Crippen molar-refractivity contribution in [2.45, 2.75) is 6.54 Å². The highest BCUT2D eigenvalue weighted by molar-refractivity contribution is 5.97. The molecule has 2 nitrogen and oxygen atoms in total. The molecule has 3 rings (SSSR count). The van der Waals surface area contributed by atoms with Crippen LogP contribution in [0.3, 0.4) is 0 Å². The molecule has 0 N–H and O–H groups in total. The van der Waals surface area contributed by atoms with Crippen LogP contribution in [0.4, 0.5) is 8.78 Å². The predicted molar refractivity (Wildman–Crippen MR) is 72.8 cm³/mol. The summed E-state index contributed by atoms with van der Waals surface area (Å²) in [5.74, 6) is -1.19. The van der Waals surface area contributed by atoms with Gasteiger partial charge in [0.1, 0.15) is 11.6 Å². The SMILES string of the molecule is O=Cc1cn(Cc2ccc(F)cc2F)c2ccccc12. The van der Waals surface area contributed by atoms with E-state index in [1.807, 2.05) is 24.3 Å². The zero-order chi connectivity index (χ0) is 14.1.